The Morgan fingerprint density at radius 2 is 2.26 bits per heavy atom. The van der Waals surface area contributed by atoms with Gasteiger partial charge in [-0.1, -0.05) is 13.0 Å². The number of likely N-dealkylation sites (N-methyl/N-ethyl adjacent to an activating group) is 1. The summed E-state index contributed by atoms with van der Waals surface area (Å²) >= 11 is 0. The van der Waals surface area contributed by atoms with E-state index in [4.69, 9.17) is 10.6 Å². The van der Waals surface area contributed by atoms with E-state index in [-0.39, 0.29) is 12.1 Å². The Hall–Kier alpha value is -1.08. The number of nitrogens with one attached hydrogen (secondary N) is 1. The second-order valence-corrected chi connectivity index (χ2v) is 4.62. The molecule has 0 aromatic heterocycles. The van der Waals surface area contributed by atoms with Gasteiger partial charge in [-0.05, 0) is 24.2 Å². The first kappa shape index (κ1) is 14.3. The molecule has 1 aromatic rings. The number of hydrogen-bond acceptors (Lipinski definition) is 4. The van der Waals surface area contributed by atoms with Crippen LogP contribution in [-0.4, -0.2) is 37.2 Å². The molecule has 4 nitrogen and oxygen atoms in total. The number of hydrogen-bond donors (Lipinski definition) is 2. The van der Waals surface area contributed by atoms with Crippen LogP contribution in [0.4, 0.5) is 8.78 Å². The number of halogens is 2. The first-order valence-corrected chi connectivity index (χ1v) is 6.40. The van der Waals surface area contributed by atoms with E-state index in [0.29, 0.717) is 18.7 Å². The lowest BCUT2D eigenvalue weighted by atomic mass is 10.0. The minimum Gasteiger partial charge on any atom is -0.374 e. The van der Waals surface area contributed by atoms with Gasteiger partial charge in [0.15, 0.2) is 11.6 Å². The van der Waals surface area contributed by atoms with Crippen molar-refractivity contribution in [3.05, 3.63) is 35.4 Å². The largest absolute Gasteiger partial charge is 0.374 e. The Labute approximate surface area is 111 Å². The van der Waals surface area contributed by atoms with Gasteiger partial charge < -0.3 is 4.74 Å². The van der Waals surface area contributed by atoms with Gasteiger partial charge in [-0.25, -0.2) is 8.78 Å². The van der Waals surface area contributed by atoms with Gasteiger partial charge in [0.2, 0.25) is 0 Å². The highest BCUT2D eigenvalue weighted by Crippen LogP contribution is 2.23. The van der Waals surface area contributed by atoms with Gasteiger partial charge in [0.05, 0.1) is 18.8 Å². The molecular formula is C13H19F2N3O. The number of hydrazine groups is 1. The van der Waals surface area contributed by atoms with Crippen molar-refractivity contribution in [2.75, 3.05) is 26.2 Å². The molecule has 0 aliphatic carbocycles. The maximum atomic E-state index is 13.3. The minimum absolute atomic E-state index is 0.177. The molecule has 0 radical (unpaired) electrons. The van der Waals surface area contributed by atoms with Crippen molar-refractivity contribution in [2.24, 2.45) is 5.84 Å². The van der Waals surface area contributed by atoms with Gasteiger partial charge in [0, 0.05) is 13.1 Å². The highest BCUT2D eigenvalue weighted by atomic mass is 19.2. The lowest BCUT2D eigenvalue weighted by molar-refractivity contribution is -0.0457. The smallest absolute Gasteiger partial charge is 0.159 e. The lowest BCUT2D eigenvalue weighted by Gasteiger charge is -2.36. The Morgan fingerprint density at radius 3 is 2.89 bits per heavy atom. The predicted molar refractivity (Wildman–Crippen MR) is 68.3 cm³/mol. The predicted octanol–water partition coefficient (Wildman–Crippen LogP) is 1.19. The molecule has 2 unspecified atom stereocenters. The molecule has 19 heavy (non-hydrogen) atoms. The molecule has 0 bridgehead atoms. The van der Waals surface area contributed by atoms with Crippen LogP contribution in [-0.2, 0) is 4.74 Å². The molecule has 1 saturated heterocycles. The van der Waals surface area contributed by atoms with E-state index in [2.05, 4.69) is 17.2 Å². The SMILES string of the molecule is CCN1CCOC(C(NN)c2ccc(F)c(F)c2)C1. The summed E-state index contributed by atoms with van der Waals surface area (Å²) in [6.07, 6.45) is -0.177. The van der Waals surface area contributed by atoms with Crippen LogP contribution in [0.15, 0.2) is 18.2 Å². The van der Waals surface area contributed by atoms with Gasteiger partial charge >= 0.3 is 0 Å². The number of morpholine rings is 1. The maximum absolute atomic E-state index is 13.3. The fourth-order valence-electron chi connectivity index (χ4n) is 2.34. The summed E-state index contributed by atoms with van der Waals surface area (Å²) in [7, 11) is 0. The van der Waals surface area contributed by atoms with Crippen molar-refractivity contribution in [3.63, 3.8) is 0 Å². The summed E-state index contributed by atoms with van der Waals surface area (Å²) < 4.78 is 31.9. The van der Waals surface area contributed by atoms with E-state index in [0.717, 1.165) is 25.2 Å². The Morgan fingerprint density at radius 1 is 1.47 bits per heavy atom. The van der Waals surface area contributed by atoms with Crippen LogP contribution in [0.5, 0.6) is 0 Å². The van der Waals surface area contributed by atoms with Crippen LogP contribution >= 0.6 is 0 Å². The monoisotopic (exact) mass is 271 g/mol. The molecule has 0 saturated carbocycles. The Bertz CT molecular complexity index is 430. The van der Waals surface area contributed by atoms with Crippen molar-refractivity contribution in [3.8, 4) is 0 Å². The van der Waals surface area contributed by atoms with E-state index in [1.807, 2.05) is 0 Å². The zero-order valence-corrected chi connectivity index (χ0v) is 10.9. The number of benzene rings is 1. The molecule has 2 atom stereocenters. The number of ether oxygens (including phenoxy) is 1. The molecule has 0 spiro atoms. The van der Waals surface area contributed by atoms with Crippen LogP contribution in [0.3, 0.4) is 0 Å². The van der Waals surface area contributed by atoms with Gasteiger partial charge in [-0.2, -0.15) is 0 Å². The zero-order chi connectivity index (χ0) is 13.8. The average molecular weight is 271 g/mol. The standard InChI is InChI=1S/C13H19F2N3O/c1-2-18-5-6-19-12(8-18)13(17-16)9-3-4-10(14)11(15)7-9/h3-4,7,12-13,17H,2,5-6,8,16H2,1H3. The van der Waals surface area contributed by atoms with Crippen LogP contribution in [0, 0.1) is 11.6 Å². The highest BCUT2D eigenvalue weighted by molar-refractivity contribution is 5.22. The molecule has 1 heterocycles. The molecular weight excluding hydrogens is 252 g/mol. The summed E-state index contributed by atoms with van der Waals surface area (Å²) in [5, 5.41) is 0. The number of nitrogens with zero attached hydrogens (tertiary/aromatic N) is 1. The second kappa shape index (κ2) is 6.38. The molecule has 0 amide bonds. The van der Waals surface area contributed by atoms with E-state index in [1.54, 1.807) is 0 Å². The highest BCUT2D eigenvalue weighted by Gasteiger charge is 2.28. The van der Waals surface area contributed by atoms with Crippen molar-refractivity contribution in [1.82, 2.24) is 10.3 Å². The molecule has 2 rings (SSSR count). The minimum atomic E-state index is -0.874. The van der Waals surface area contributed by atoms with E-state index < -0.39 is 11.6 Å². The third-order valence-corrected chi connectivity index (χ3v) is 3.48. The molecule has 106 valence electrons. The van der Waals surface area contributed by atoms with Crippen LogP contribution < -0.4 is 11.3 Å². The lowest BCUT2D eigenvalue weighted by Crippen LogP contribution is -2.49. The molecule has 3 N–H and O–H groups in total. The van der Waals surface area contributed by atoms with Crippen molar-refractivity contribution >= 4 is 0 Å². The fourth-order valence-corrected chi connectivity index (χ4v) is 2.34. The topological polar surface area (TPSA) is 50.5 Å². The van der Waals surface area contributed by atoms with Crippen LogP contribution in [0.25, 0.3) is 0 Å². The Kier molecular flexibility index (Phi) is 4.81. The zero-order valence-electron chi connectivity index (χ0n) is 10.9. The summed E-state index contributed by atoms with van der Waals surface area (Å²) in [6, 6.07) is 3.44. The second-order valence-electron chi connectivity index (χ2n) is 4.62. The third kappa shape index (κ3) is 3.27. The third-order valence-electron chi connectivity index (χ3n) is 3.48. The first-order chi connectivity index (χ1) is 9.15. The molecule has 1 aliphatic rings. The van der Waals surface area contributed by atoms with E-state index in [1.165, 1.54) is 6.07 Å². The number of nitrogens with two attached hydrogens (primary N) is 1. The van der Waals surface area contributed by atoms with Gasteiger partial charge in [0.25, 0.3) is 0 Å². The normalized spacial score (nSPS) is 22.4. The summed E-state index contributed by atoms with van der Waals surface area (Å²) in [4.78, 5) is 2.23. The Balaban J connectivity index is 2.16. The average Bonchev–Trinajstić information content (AvgIpc) is 2.44. The van der Waals surface area contributed by atoms with Gasteiger partial charge in [-0.3, -0.25) is 16.2 Å². The van der Waals surface area contributed by atoms with Crippen LogP contribution in [0.1, 0.15) is 18.5 Å². The molecule has 1 fully saturated rings. The van der Waals surface area contributed by atoms with Crippen LogP contribution in [0.2, 0.25) is 0 Å². The fraction of sp³-hybridized carbons (Fsp3) is 0.538. The number of rotatable bonds is 4. The van der Waals surface area contributed by atoms with Gasteiger partial charge in [-0.15, -0.1) is 0 Å². The molecule has 1 aromatic carbocycles. The van der Waals surface area contributed by atoms with Gasteiger partial charge in [0.1, 0.15) is 0 Å². The van der Waals surface area contributed by atoms with E-state index in [9.17, 15) is 8.78 Å². The molecule has 1 aliphatic heterocycles. The molecule has 6 heteroatoms. The first-order valence-electron chi connectivity index (χ1n) is 6.40. The van der Waals surface area contributed by atoms with E-state index >= 15 is 0 Å². The summed E-state index contributed by atoms with van der Waals surface area (Å²) in [5.41, 5.74) is 3.23. The maximum Gasteiger partial charge on any atom is 0.159 e. The van der Waals surface area contributed by atoms with Crippen molar-refractivity contribution in [1.29, 1.82) is 0 Å². The quantitative estimate of drug-likeness (QED) is 0.638. The summed E-state index contributed by atoms with van der Waals surface area (Å²) in [6.45, 7) is 5.20. The summed E-state index contributed by atoms with van der Waals surface area (Å²) in [5.74, 6) is 3.81. The van der Waals surface area contributed by atoms with Crippen molar-refractivity contribution in [2.45, 2.75) is 19.1 Å². The van der Waals surface area contributed by atoms with Crippen molar-refractivity contribution < 1.29 is 13.5 Å².